The Labute approximate surface area is 377 Å². The number of halogens is 1. The van der Waals surface area contributed by atoms with Crippen molar-refractivity contribution in [1.82, 2.24) is 25.1 Å². The molecule has 5 aromatic rings. The van der Waals surface area contributed by atoms with E-state index in [1.165, 1.54) is 13.3 Å². The van der Waals surface area contributed by atoms with Crippen LogP contribution >= 0.6 is 22.9 Å². The number of aliphatic imine (C=N–C) groups is 1. The van der Waals surface area contributed by atoms with Crippen LogP contribution in [0, 0.1) is 20.8 Å². The van der Waals surface area contributed by atoms with E-state index in [-0.39, 0.29) is 53.8 Å². The minimum Gasteiger partial charge on any atom is -0.496 e. The van der Waals surface area contributed by atoms with Gasteiger partial charge in [-0.05, 0) is 91.6 Å². The summed E-state index contributed by atoms with van der Waals surface area (Å²) >= 11 is 7.22. The highest BCUT2D eigenvalue weighted by Gasteiger charge is 2.32. The molecule has 2 amide bonds. The minimum atomic E-state index is -4.14. The van der Waals surface area contributed by atoms with Gasteiger partial charge >= 0.3 is 0 Å². The topological polar surface area (TPSA) is 228 Å². The lowest BCUT2D eigenvalue weighted by atomic mass is 10.0. The van der Waals surface area contributed by atoms with Gasteiger partial charge in [-0.3, -0.25) is 19.4 Å². The predicted octanol–water partition coefficient (Wildman–Crippen LogP) is 4.93. The van der Waals surface area contributed by atoms with Crippen molar-refractivity contribution in [3.05, 3.63) is 146 Å². The number of hydrogen-bond donors (Lipinski definition) is 5. The third kappa shape index (κ3) is 13.9. The van der Waals surface area contributed by atoms with Gasteiger partial charge in [0.2, 0.25) is 33.6 Å². The number of nitrogens with two attached hydrogens (primary N) is 1. The summed E-state index contributed by atoms with van der Waals surface area (Å²) in [6.07, 6.45) is 1.58. The Morgan fingerprint density at radius 3 is 2.02 bits per heavy atom. The maximum atomic E-state index is 14.3. The number of ether oxygens (including phenoxy) is 1. The molecular weight excluding hydrogens is 886 g/mol. The van der Waals surface area contributed by atoms with Crippen molar-refractivity contribution in [3.63, 3.8) is 0 Å². The second kappa shape index (κ2) is 22.1. The molecule has 0 aliphatic carbocycles. The molecule has 0 aliphatic rings. The summed E-state index contributed by atoms with van der Waals surface area (Å²) in [5, 5.41) is 7.74. The third-order valence-corrected chi connectivity index (χ3v) is 14.1. The van der Waals surface area contributed by atoms with Crippen molar-refractivity contribution >= 4 is 66.5 Å². The molecule has 1 heterocycles. The van der Waals surface area contributed by atoms with Crippen molar-refractivity contribution < 1.29 is 36.0 Å². The number of methoxy groups -OCH3 is 1. The van der Waals surface area contributed by atoms with E-state index >= 15 is 0 Å². The van der Waals surface area contributed by atoms with E-state index in [1.54, 1.807) is 117 Å². The first-order chi connectivity index (χ1) is 30.0. The molecule has 334 valence electrons. The number of benzene rings is 4. The fourth-order valence-electron chi connectivity index (χ4n) is 6.83. The Bertz CT molecular complexity index is 2620. The maximum absolute atomic E-state index is 14.3. The highest BCUT2D eigenvalue weighted by atomic mass is 35.5. The molecule has 19 heteroatoms. The predicted molar refractivity (Wildman–Crippen MR) is 245 cm³/mol. The zero-order valence-electron chi connectivity index (χ0n) is 35.1. The Hall–Kier alpha value is -5.66. The first kappa shape index (κ1) is 48.4. The number of rotatable bonds is 21. The highest BCUT2D eigenvalue weighted by Crippen LogP contribution is 2.30. The molecule has 0 bridgehead atoms. The molecule has 5 rings (SSSR count). The molecule has 15 nitrogen and oxygen atoms in total. The van der Waals surface area contributed by atoms with Crippen molar-refractivity contribution in [1.29, 1.82) is 0 Å². The fourth-order valence-corrected chi connectivity index (χ4v) is 10.4. The number of nitrogens with one attached hydrogen (secondary N) is 4. The molecule has 0 fully saturated rings. The van der Waals surface area contributed by atoms with Crippen LogP contribution in [0.3, 0.4) is 0 Å². The average Bonchev–Trinajstić information content (AvgIpc) is 3.79. The molecule has 0 saturated carbocycles. The van der Waals surface area contributed by atoms with Gasteiger partial charge in [0.1, 0.15) is 17.8 Å². The number of carbonyl (C=O) groups is 3. The van der Waals surface area contributed by atoms with Gasteiger partial charge in [-0.15, -0.1) is 11.3 Å². The van der Waals surface area contributed by atoms with Gasteiger partial charge in [0.05, 0.1) is 23.8 Å². The Kier molecular flexibility index (Phi) is 17.0. The van der Waals surface area contributed by atoms with Crippen molar-refractivity contribution in [2.24, 2.45) is 10.7 Å². The quantitative estimate of drug-likeness (QED) is 0.0289. The number of sulfonamides is 2. The average molecular weight is 937 g/mol. The number of aryl methyl sites for hydroxylation is 1. The molecular formula is C44H50ClN7O8S3. The van der Waals surface area contributed by atoms with E-state index < -0.39 is 55.8 Å². The van der Waals surface area contributed by atoms with E-state index in [4.69, 9.17) is 22.1 Å². The van der Waals surface area contributed by atoms with Crippen molar-refractivity contribution in [3.8, 4) is 5.75 Å². The summed E-state index contributed by atoms with van der Waals surface area (Å²) in [5.74, 6) is -2.20. The second-order valence-corrected chi connectivity index (χ2v) is 19.5. The van der Waals surface area contributed by atoms with Gasteiger partial charge in [0.15, 0.2) is 5.01 Å². The minimum absolute atomic E-state index is 0.0271. The molecule has 63 heavy (non-hydrogen) atoms. The normalized spacial score (nSPS) is 13.4. The molecule has 0 saturated heterocycles. The monoisotopic (exact) mass is 935 g/mol. The number of nitrogens with zero attached hydrogens (tertiary/aromatic N) is 2. The maximum Gasteiger partial charge on any atom is 0.264 e. The lowest BCUT2D eigenvalue weighted by Gasteiger charge is -2.25. The van der Waals surface area contributed by atoms with E-state index in [2.05, 4.69) is 30.1 Å². The third-order valence-electron chi connectivity index (χ3n) is 10.0. The number of aromatic nitrogens is 1. The van der Waals surface area contributed by atoms with Crippen LogP contribution in [0.15, 0.2) is 112 Å². The number of Topliss-reactive ketones (excluding diaryl/α,β-unsaturated/α-hetero) is 1. The van der Waals surface area contributed by atoms with Gasteiger partial charge in [0.25, 0.3) is 10.0 Å². The SMILES string of the molecule is COc1cc(C)c(S(=O)(=O)NC(N)=NCCC[C@H](NC(=O)[C@H](Cc2ccc(Cl)cc2)NC(=O)[C@@H](Cc2ccccc2)NS(=O)(=O)Cc2ccccc2)C(=O)c2nccs2)c(C)c1C. The zero-order valence-corrected chi connectivity index (χ0v) is 38.3. The zero-order chi connectivity index (χ0) is 45.7. The molecule has 6 N–H and O–H groups in total. The van der Waals surface area contributed by atoms with Gasteiger partial charge in [-0.1, -0.05) is 84.4 Å². The van der Waals surface area contributed by atoms with Crippen LogP contribution in [0.25, 0.3) is 0 Å². The summed E-state index contributed by atoms with van der Waals surface area (Å²) < 4.78 is 64.0. The van der Waals surface area contributed by atoms with Gasteiger partial charge in [0, 0.05) is 29.6 Å². The van der Waals surface area contributed by atoms with Crippen LogP contribution in [-0.4, -0.2) is 77.2 Å². The Morgan fingerprint density at radius 1 is 0.810 bits per heavy atom. The van der Waals surface area contributed by atoms with Gasteiger partial charge < -0.3 is 21.1 Å². The number of guanidine groups is 1. The first-order valence-electron chi connectivity index (χ1n) is 19.8. The van der Waals surface area contributed by atoms with E-state index in [1.807, 2.05) is 0 Å². The molecule has 1 aromatic heterocycles. The van der Waals surface area contributed by atoms with Crippen LogP contribution in [0.2, 0.25) is 5.02 Å². The summed E-state index contributed by atoms with van der Waals surface area (Å²) in [5.41, 5.74) is 9.45. The van der Waals surface area contributed by atoms with Gasteiger partial charge in [-0.2, -0.15) is 0 Å². The van der Waals surface area contributed by atoms with Crippen LogP contribution in [-0.2, 0) is 48.2 Å². The van der Waals surface area contributed by atoms with Crippen LogP contribution in [0.1, 0.15) is 56.0 Å². The van der Waals surface area contributed by atoms with Gasteiger partial charge in [-0.25, -0.2) is 31.3 Å². The molecule has 0 unspecified atom stereocenters. The lowest BCUT2D eigenvalue weighted by molar-refractivity contribution is -0.130. The number of thiazole rings is 1. The molecule has 3 atom stereocenters. The summed E-state index contributed by atoms with van der Waals surface area (Å²) in [4.78, 5) is 50.7. The number of hydrogen-bond acceptors (Lipinski definition) is 11. The highest BCUT2D eigenvalue weighted by molar-refractivity contribution is 7.90. The van der Waals surface area contributed by atoms with Crippen LogP contribution in [0.4, 0.5) is 0 Å². The lowest BCUT2D eigenvalue weighted by Crippen LogP contribution is -2.57. The van der Waals surface area contributed by atoms with Crippen molar-refractivity contribution in [2.75, 3.05) is 13.7 Å². The summed E-state index contributed by atoms with van der Waals surface area (Å²) in [6, 6.07) is 21.9. The Morgan fingerprint density at radius 2 is 1.40 bits per heavy atom. The Balaban J connectivity index is 1.35. The number of carbonyl (C=O) groups excluding carboxylic acids is 3. The van der Waals surface area contributed by atoms with Crippen LogP contribution in [0.5, 0.6) is 5.75 Å². The summed E-state index contributed by atoms with van der Waals surface area (Å²) in [6.45, 7) is 5.04. The molecule has 0 aliphatic heterocycles. The van der Waals surface area contributed by atoms with Crippen molar-refractivity contribution in [2.45, 2.75) is 75.2 Å². The smallest absolute Gasteiger partial charge is 0.264 e. The number of amides is 2. The molecule has 4 aromatic carbocycles. The largest absolute Gasteiger partial charge is 0.496 e. The van der Waals surface area contributed by atoms with E-state index in [0.29, 0.717) is 44.2 Å². The molecule has 0 spiro atoms. The number of ketones is 1. The van der Waals surface area contributed by atoms with Crippen LogP contribution < -0.4 is 30.5 Å². The molecule has 0 radical (unpaired) electrons. The van der Waals surface area contributed by atoms with E-state index in [0.717, 1.165) is 11.3 Å². The second-order valence-electron chi connectivity index (χ2n) is 14.7. The van der Waals surface area contributed by atoms with E-state index in [9.17, 15) is 31.2 Å². The fraction of sp³-hybridized carbons (Fsp3) is 0.295. The first-order valence-corrected chi connectivity index (χ1v) is 24.2. The summed E-state index contributed by atoms with van der Waals surface area (Å²) in [7, 11) is -6.70. The standard InChI is InChI=1S/C44H50ClN7O8S3/c1-28-24-38(60-4)29(2)30(3)40(28)63(58,59)52-44(46)48-21-11-16-35(39(53)43-47-22-23-61-43)49-41(54)36(25-32-17-19-34(45)20-18-32)50-42(55)37(26-31-12-7-5-8-13-31)51-62(56,57)27-33-14-9-6-10-15-33/h5-10,12-15,17-20,22-24,35-37,51H,11,16,21,25-27H2,1-4H3,(H,49,54)(H,50,55)(H3,46,48,52)/t35-,36-,37+/m0/s1.